The number of methoxy groups -OCH3 is 1. The first-order chi connectivity index (χ1) is 12.6. The van der Waals surface area contributed by atoms with Crippen molar-refractivity contribution in [2.45, 2.75) is 26.3 Å². The summed E-state index contributed by atoms with van der Waals surface area (Å²) in [4.78, 5) is 4.62. The van der Waals surface area contributed by atoms with Crippen molar-refractivity contribution in [3.8, 4) is 0 Å². The third kappa shape index (κ3) is 8.02. The van der Waals surface area contributed by atoms with Crippen LogP contribution in [-0.2, 0) is 24.8 Å². The first-order valence-electron chi connectivity index (χ1n) is 8.71. The van der Waals surface area contributed by atoms with E-state index in [9.17, 15) is 0 Å². The van der Waals surface area contributed by atoms with Crippen LogP contribution in [-0.4, -0.2) is 47.5 Å². The fourth-order valence-electron chi connectivity index (χ4n) is 2.35. The number of nitrogens with zero attached hydrogens (tertiary/aromatic N) is 4. The van der Waals surface area contributed by atoms with Gasteiger partial charge in [-0.1, -0.05) is 29.8 Å². The molecule has 0 spiro atoms. The highest BCUT2D eigenvalue weighted by Crippen LogP contribution is 2.14. The Labute approximate surface area is 183 Å². The van der Waals surface area contributed by atoms with Crippen LogP contribution in [0.2, 0.25) is 5.02 Å². The smallest absolute Gasteiger partial charge is 0.191 e. The molecule has 1 heterocycles. The highest BCUT2D eigenvalue weighted by atomic mass is 127. The summed E-state index contributed by atoms with van der Waals surface area (Å²) in [5.41, 5.74) is 1.12. The molecule has 0 aliphatic heterocycles. The van der Waals surface area contributed by atoms with E-state index in [0.29, 0.717) is 13.2 Å². The summed E-state index contributed by atoms with van der Waals surface area (Å²) in [6, 6.07) is 7.88. The largest absolute Gasteiger partial charge is 0.385 e. The molecule has 2 aromatic rings. The molecule has 0 atom stereocenters. The van der Waals surface area contributed by atoms with Crippen molar-refractivity contribution in [2.75, 3.05) is 26.8 Å². The zero-order chi connectivity index (χ0) is 18.8. The lowest BCUT2D eigenvalue weighted by Crippen LogP contribution is -2.39. The molecule has 1 aromatic heterocycles. The van der Waals surface area contributed by atoms with Crippen molar-refractivity contribution in [3.63, 3.8) is 0 Å². The molecular weight excluding hydrogens is 479 g/mol. The van der Waals surface area contributed by atoms with Gasteiger partial charge in [0.1, 0.15) is 12.4 Å². The fourth-order valence-corrected chi connectivity index (χ4v) is 2.58. The minimum absolute atomic E-state index is 0. The molecular formula is C18H28ClIN6O. The van der Waals surface area contributed by atoms with E-state index in [1.165, 1.54) is 0 Å². The van der Waals surface area contributed by atoms with E-state index < -0.39 is 0 Å². The molecule has 150 valence electrons. The maximum atomic E-state index is 6.21. The molecule has 2 N–H and O–H groups in total. The van der Waals surface area contributed by atoms with E-state index in [0.717, 1.165) is 54.1 Å². The van der Waals surface area contributed by atoms with Gasteiger partial charge in [0, 0.05) is 38.9 Å². The topological polar surface area (TPSA) is 76.4 Å². The van der Waals surface area contributed by atoms with Crippen LogP contribution >= 0.6 is 35.6 Å². The molecule has 2 rings (SSSR count). The second-order valence-corrected chi connectivity index (χ2v) is 6.34. The van der Waals surface area contributed by atoms with Gasteiger partial charge >= 0.3 is 0 Å². The first kappa shape index (κ1) is 23.6. The number of nitrogens with one attached hydrogen (secondary N) is 2. The number of hydrogen-bond donors (Lipinski definition) is 2. The van der Waals surface area contributed by atoms with Crippen LogP contribution in [0.1, 0.15) is 23.6 Å². The molecule has 0 fully saturated rings. The van der Waals surface area contributed by atoms with E-state index in [2.05, 4.69) is 25.8 Å². The van der Waals surface area contributed by atoms with Crippen molar-refractivity contribution in [3.05, 3.63) is 46.5 Å². The molecule has 0 saturated heterocycles. The van der Waals surface area contributed by atoms with Crippen LogP contribution in [0.3, 0.4) is 0 Å². The highest BCUT2D eigenvalue weighted by molar-refractivity contribution is 14.0. The quantitative estimate of drug-likeness (QED) is 0.237. The van der Waals surface area contributed by atoms with E-state index in [1.54, 1.807) is 7.11 Å². The van der Waals surface area contributed by atoms with Gasteiger partial charge in [0.2, 0.25) is 0 Å². The van der Waals surface area contributed by atoms with Gasteiger partial charge in [-0.25, -0.2) is 4.99 Å². The number of hydrogen-bond acceptors (Lipinski definition) is 4. The zero-order valence-electron chi connectivity index (χ0n) is 16.0. The Morgan fingerprint density at radius 3 is 2.63 bits per heavy atom. The Morgan fingerprint density at radius 2 is 1.96 bits per heavy atom. The number of guanidine groups is 1. The molecule has 1 aromatic carbocycles. The van der Waals surface area contributed by atoms with Gasteiger partial charge in [-0.3, -0.25) is 0 Å². The first-order valence-corrected chi connectivity index (χ1v) is 9.09. The van der Waals surface area contributed by atoms with Crippen molar-refractivity contribution >= 4 is 41.5 Å². The average molecular weight is 507 g/mol. The Balaban J connectivity index is 0.00000364. The molecule has 0 saturated carbocycles. The van der Waals surface area contributed by atoms with E-state index in [-0.39, 0.29) is 24.0 Å². The molecule has 0 unspecified atom stereocenters. The molecule has 0 aliphatic carbocycles. The predicted molar refractivity (Wildman–Crippen MR) is 120 cm³/mol. The lowest BCUT2D eigenvalue weighted by molar-refractivity contribution is 0.195. The van der Waals surface area contributed by atoms with Crippen LogP contribution in [0.5, 0.6) is 0 Å². The van der Waals surface area contributed by atoms with Crippen molar-refractivity contribution in [1.82, 2.24) is 25.4 Å². The van der Waals surface area contributed by atoms with Crippen LogP contribution in [0.15, 0.2) is 29.3 Å². The Bertz CT molecular complexity index is 722. The molecule has 9 heteroatoms. The minimum Gasteiger partial charge on any atom is -0.385 e. The monoisotopic (exact) mass is 506 g/mol. The molecule has 27 heavy (non-hydrogen) atoms. The molecule has 0 bridgehead atoms. The van der Waals surface area contributed by atoms with Gasteiger partial charge in [0.15, 0.2) is 11.8 Å². The summed E-state index contributed by atoms with van der Waals surface area (Å²) < 4.78 is 7.03. The van der Waals surface area contributed by atoms with Crippen LogP contribution in [0, 0.1) is 6.92 Å². The van der Waals surface area contributed by atoms with Crippen molar-refractivity contribution in [1.29, 1.82) is 0 Å². The Morgan fingerprint density at radius 1 is 1.22 bits per heavy atom. The molecule has 0 amide bonds. The third-order valence-corrected chi connectivity index (χ3v) is 4.39. The summed E-state index contributed by atoms with van der Waals surface area (Å²) in [6.07, 6.45) is 1.73. The number of aromatic nitrogens is 3. The van der Waals surface area contributed by atoms with E-state index in [4.69, 9.17) is 16.3 Å². The predicted octanol–water partition coefficient (Wildman–Crippen LogP) is 2.71. The second-order valence-electron chi connectivity index (χ2n) is 5.93. The standard InChI is InChI=1S/C18H27ClN6O.HI/c1-14-23-24-17(25(14)2)13-22-18(20-10-6-12-26-3)21-11-9-15-7-4-5-8-16(15)19;/h4-5,7-8H,6,9-13H2,1-3H3,(H2,20,21,22);1H. The molecule has 0 aliphatic rings. The number of rotatable bonds is 9. The Hall–Kier alpha value is -1.39. The van der Waals surface area contributed by atoms with Crippen LogP contribution < -0.4 is 10.6 Å². The SMILES string of the molecule is COCCCNC(=NCc1nnc(C)n1C)NCCc1ccccc1Cl.I. The van der Waals surface area contributed by atoms with Crippen molar-refractivity contribution < 1.29 is 4.74 Å². The number of aliphatic imine (C=N–C) groups is 1. The van der Waals surface area contributed by atoms with Gasteiger partial charge in [0.25, 0.3) is 0 Å². The van der Waals surface area contributed by atoms with Gasteiger partial charge in [-0.05, 0) is 31.4 Å². The number of halogens is 2. The minimum atomic E-state index is 0. The number of ether oxygens (including phenoxy) is 1. The van der Waals surface area contributed by atoms with E-state index >= 15 is 0 Å². The van der Waals surface area contributed by atoms with Crippen molar-refractivity contribution in [2.24, 2.45) is 12.0 Å². The maximum Gasteiger partial charge on any atom is 0.191 e. The molecule has 0 radical (unpaired) electrons. The highest BCUT2D eigenvalue weighted by Gasteiger charge is 2.06. The summed E-state index contributed by atoms with van der Waals surface area (Å²) in [6.45, 7) is 4.61. The summed E-state index contributed by atoms with van der Waals surface area (Å²) >= 11 is 6.21. The Kier molecular flexibility index (Phi) is 11.3. The van der Waals surface area contributed by atoms with E-state index in [1.807, 2.05) is 42.8 Å². The van der Waals surface area contributed by atoms with Gasteiger partial charge in [0.05, 0.1) is 0 Å². The summed E-state index contributed by atoms with van der Waals surface area (Å²) in [5, 5.41) is 15.7. The van der Waals surface area contributed by atoms with Gasteiger partial charge in [-0.2, -0.15) is 0 Å². The third-order valence-electron chi connectivity index (χ3n) is 4.02. The molecule has 7 nitrogen and oxygen atoms in total. The summed E-state index contributed by atoms with van der Waals surface area (Å²) in [5.74, 6) is 2.44. The normalized spacial score (nSPS) is 11.2. The van der Waals surface area contributed by atoms with Gasteiger partial charge in [-0.15, -0.1) is 34.2 Å². The lowest BCUT2D eigenvalue weighted by atomic mass is 10.1. The number of aryl methyl sites for hydroxylation is 1. The summed E-state index contributed by atoms with van der Waals surface area (Å²) in [7, 11) is 3.64. The van der Waals surface area contributed by atoms with Crippen LogP contribution in [0.25, 0.3) is 0 Å². The zero-order valence-corrected chi connectivity index (χ0v) is 19.1. The number of benzene rings is 1. The van der Waals surface area contributed by atoms with Crippen LogP contribution in [0.4, 0.5) is 0 Å². The average Bonchev–Trinajstić information content (AvgIpc) is 2.96. The lowest BCUT2D eigenvalue weighted by Gasteiger charge is -2.13. The second kappa shape index (κ2) is 12.9. The maximum absolute atomic E-state index is 6.21. The fraction of sp³-hybridized carbons (Fsp3) is 0.500. The van der Waals surface area contributed by atoms with Gasteiger partial charge < -0.3 is 19.9 Å².